The molecule has 1 amide bonds. The Hall–Kier alpha value is -1.56. The molecule has 0 saturated carbocycles. The molecular weight excluding hydrogens is 281 g/mol. The van der Waals surface area contributed by atoms with E-state index >= 15 is 0 Å². The molecule has 4 nitrogen and oxygen atoms in total. The van der Waals surface area contributed by atoms with Gasteiger partial charge >= 0.3 is 5.97 Å². The summed E-state index contributed by atoms with van der Waals surface area (Å²) in [5, 5.41) is 11.0. The number of carbonyl (C=O) groups is 2. The number of thioether (sulfide) groups is 1. The van der Waals surface area contributed by atoms with Crippen molar-refractivity contribution in [1.29, 1.82) is 0 Å². The van der Waals surface area contributed by atoms with Gasteiger partial charge in [0.1, 0.15) is 11.1 Å². The fourth-order valence-corrected chi connectivity index (χ4v) is 2.56. The van der Waals surface area contributed by atoms with E-state index in [0.717, 1.165) is 17.3 Å². The summed E-state index contributed by atoms with van der Waals surface area (Å²) in [6.07, 6.45) is 0. The zero-order valence-electron chi connectivity index (χ0n) is 11.6. The largest absolute Gasteiger partial charge is 0.480 e. The molecule has 0 saturated heterocycles. The average molecular weight is 299 g/mol. The minimum absolute atomic E-state index is 0.0189. The summed E-state index contributed by atoms with van der Waals surface area (Å²) >= 11 is 1.07. The quantitative estimate of drug-likeness (QED) is 0.847. The molecule has 1 aromatic rings. The van der Waals surface area contributed by atoms with Gasteiger partial charge in [-0.05, 0) is 30.5 Å². The van der Waals surface area contributed by atoms with Crippen LogP contribution in [0, 0.1) is 18.7 Å². The minimum atomic E-state index is -0.931. The molecule has 0 spiro atoms. The van der Waals surface area contributed by atoms with E-state index in [1.54, 1.807) is 26.8 Å². The van der Waals surface area contributed by atoms with E-state index in [9.17, 15) is 14.0 Å². The fourth-order valence-electron chi connectivity index (χ4n) is 1.63. The van der Waals surface area contributed by atoms with Crippen molar-refractivity contribution in [2.24, 2.45) is 5.92 Å². The third-order valence-corrected chi connectivity index (χ3v) is 4.25. The maximum Gasteiger partial charge on any atom is 0.316 e. The Labute approximate surface area is 121 Å². The highest BCUT2D eigenvalue weighted by atomic mass is 32.2. The van der Waals surface area contributed by atoms with Crippen LogP contribution in [0.4, 0.5) is 10.1 Å². The van der Waals surface area contributed by atoms with E-state index in [-0.39, 0.29) is 17.6 Å². The molecule has 1 aromatic carbocycles. The van der Waals surface area contributed by atoms with Crippen molar-refractivity contribution in [3.8, 4) is 0 Å². The first-order chi connectivity index (χ1) is 9.31. The predicted octanol–water partition coefficient (Wildman–Crippen LogP) is 2.92. The van der Waals surface area contributed by atoms with E-state index in [2.05, 4.69) is 5.32 Å². The topological polar surface area (TPSA) is 66.4 Å². The van der Waals surface area contributed by atoms with Gasteiger partial charge in [-0.15, -0.1) is 11.8 Å². The standard InChI is InChI=1S/C14H18FNO3S/c1-8(2)13(14(18)19)20-7-12(17)16-11-6-10(15)5-4-9(11)3/h4-6,8,13H,7H2,1-3H3,(H,16,17)(H,18,19). The Bertz CT molecular complexity index is 505. The normalized spacial score (nSPS) is 12.2. The van der Waals surface area contributed by atoms with Gasteiger partial charge in [0, 0.05) is 5.69 Å². The molecule has 6 heteroatoms. The van der Waals surface area contributed by atoms with Crippen molar-refractivity contribution < 1.29 is 19.1 Å². The zero-order chi connectivity index (χ0) is 15.3. The predicted molar refractivity (Wildman–Crippen MR) is 78.5 cm³/mol. The summed E-state index contributed by atoms with van der Waals surface area (Å²) in [7, 11) is 0. The van der Waals surface area contributed by atoms with Crippen molar-refractivity contribution in [3.63, 3.8) is 0 Å². The van der Waals surface area contributed by atoms with Gasteiger partial charge in [-0.25, -0.2) is 4.39 Å². The minimum Gasteiger partial charge on any atom is -0.480 e. The molecule has 0 aromatic heterocycles. The maximum absolute atomic E-state index is 13.1. The molecule has 1 unspecified atom stereocenters. The van der Waals surface area contributed by atoms with Crippen LogP contribution in [-0.4, -0.2) is 28.0 Å². The lowest BCUT2D eigenvalue weighted by molar-refractivity contribution is -0.137. The molecule has 20 heavy (non-hydrogen) atoms. The van der Waals surface area contributed by atoms with Crippen LogP contribution in [0.3, 0.4) is 0 Å². The Morgan fingerprint density at radius 2 is 2.05 bits per heavy atom. The molecule has 1 rings (SSSR count). The number of aryl methyl sites for hydroxylation is 1. The summed E-state index contributed by atoms with van der Waals surface area (Å²) < 4.78 is 13.1. The second-order valence-electron chi connectivity index (χ2n) is 4.82. The van der Waals surface area contributed by atoms with E-state index in [0.29, 0.717) is 5.69 Å². The third kappa shape index (κ3) is 4.85. The third-order valence-electron chi connectivity index (χ3n) is 2.72. The second-order valence-corrected chi connectivity index (χ2v) is 5.95. The molecule has 0 bridgehead atoms. The van der Waals surface area contributed by atoms with Crippen LogP contribution < -0.4 is 5.32 Å². The van der Waals surface area contributed by atoms with Gasteiger partial charge in [0.15, 0.2) is 0 Å². The molecular formula is C14H18FNO3S. The number of rotatable bonds is 6. The summed E-state index contributed by atoms with van der Waals surface area (Å²) in [5.74, 6) is -1.74. The van der Waals surface area contributed by atoms with Gasteiger partial charge in [0.2, 0.25) is 5.91 Å². The molecule has 0 aliphatic rings. The van der Waals surface area contributed by atoms with Gasteiger partial charge in [-0.3, -0.25) is 9.59 Å². The number of carboxylic acids is 1. The first-order valence-corrected chi connectivity index (χ1v) is 7.26. The molecule has 0 aliphatic carbocycles. The monoisotopic (exact) mass is 299 g/mol. The number of carboxylic acid groups (broad SMARTS) is 1. The van der Waals surface area contributed by atoms with Gasteiger partial charge in [0.25, 0.3) is 0 Å². The van der Waals surface area contributed by atoms with Gasteiger partial charge < -0.3 is 10.4 Å². The maximum atomic E-state index is 13.1. The Balaban J connectivity index is 2.60. The zero-order valence-corrected chi connectivity index (χ0v) is 12.5. The molecule has 0 aliphatic heterocycles. The van der Waals surface area contributed by atoms with Crippen molar-refractivity contribution in [2.75, 3.05) is 11.1 Å². The fraction of sp³-hybridized carbons (Fsp3) is 0.429. The molecule has 1 atom stereocenters. The van der Waals surface area contributed by atoms with Crippen LogP contribution in [0.5, 0.6) is 0 Å². The summed E-state index contributed by atoms with van der Waals surface area (Å²) in [6, 6.07) is 4.14. The first-order valence-electron chi connectivity index (χ1n) is 6.21. The summed E-state index contributed by atoms with van der Waals surface area (Å²) in [5.41, 5.74) is 1.16. The van der Waals surface area contributed by atoms with Crippen LogP contribution in [0.1, 0.15) is 19.4 Å². The molecule has 2 N–H and O–H groups in total. The van der Waals surface area contributed by atoms with Crippen LogP contribution in [0.2, 0.25) is 0 Å². The van der Waals surface area contributed by atoms with Crippen molar-refractivity contribution >= 4 is 29.3 Å². The van der Waals surface area contributed by atoms with Crippen molar-refractivity contribution in [3.05, 3.63) is 29.6 Å². The SMILES string of the molecule is Cc1ccc(F)cc1NC(=O)CSC(C(=O)O)C(C)C. The lowest BCUT2D eigenvalue weighted by Crippen LogP contribution is -2.25. The number of halogens is 1. The number of aliphatic carboxylic acids is 1. The number of nitrogens with one attached hydrogen (secondary N) is 1. The van der Waals surface area contributed by atoms with Crippen LogP contribution in [0.25, 0.3) is 0 Å². The highest BCUT2D eigenvalue weighted by Crippen LogP contribution is 2.21. The van der Waals surface area contributed by atoms with E-state index in [1.165, 1.54) is 12.1 Å². The number of carbonyl (C=O) groups excluding carboxylic acids is 1. The van der Waals surface area contributed by atoms with E-state index < -0.39 is 17.0 Å². The highest BCUT2D eigenvalue weighted by molar-refractivity contribution is 8.01. The number of hydrogen-bond donors (Lipinski definition) is 2. The van der Waals surface area contributed by atoms with E-state index in [1.807, 2.05) is 0 Å². The average Bonchev–Trinajstić information content (AvgIpc) is 2.33. The number of amides is 1. The smallest absolute Gasteiger partial charge is 0.316 e. The Kier molecular flexibility index (Phi) is 6.01. The molecule has 110 valence electrons. The lowest BCUT2D eigenvalue weighted by Gasteiger charge is -2.15. The summed E-state index contributed by atoms with van der Waals surface area (Å²) in [6.45, 7) is 5.34. The van der Waals surface area contributed by atoms with E-state index in [4.69, 9.17) is 5.11 Å². The van der Waals surface area contributed by atoms with Crippen LogP contribution >= 0.6 is 11.8 Å². The number of benzene rings is 1. The lowest BCUT2D eigenvalue weighted by atomic mass is 10.1. The Morgan fingerprint density at radius 1 is 1.40 bits per heavy atom. The van der Waals surface area contributed by atoms with Crippen molar-refractivity contribution in [2.45, 2.75) is 26.0 Å². The Morgan fingerprint density at radius 3 is 2.60 bits per heavy atom. The van der Waals surface area contributed by atoms with Crippen LogP contribution in [0.15, 0.2) is 18.2 Å². The molecule has 0 radical (unpaired) electrons. The second kappa shape index (κ2) is 7.28. The van der Waals surface area contributed by atoms with Crippen LogP contribution in [-0.2, 0) is 9.59 Å². The van der Waals surface area contributed by atoms with Crippen molar-refractivity contribution in [1.82, 2.24) is 0 Å². The molecule has 0 heterocycles. The van der Waals surface area contributed by atoms with Gasteiger partial charge in [0.05, 0.1) is 5.75 Å². The van der Waals surface area contributed by atoms with Gasteiger partial charge in [-0.2, -0.15) is 0 Å². The number of hydrogen-bond acceptors (Lipinski definition) is 3. The molecule has 0 fully saturated rings. The first kappa shape index (κ1) is 16.5. The summed E-state index contributed by atoms with van der Waals surface area (Å²) in [4.78, 5) is 22.8. The highest BCUT2D eigenvalue weighted by Gasteiger charge is 2.23. The number of anilines is 1. The van der Waals surface area contributed by atoms with Gasteiger partial charge in [-0.1, -0.05) is 19.9 Å².